The van der Waals surface area contributed by atoms with Crippen molar-refractivity contribution in [2.24, 2.45) is 0 Å². The van der Waals surface area contributed by atoms with E-state index in [2.05, 4.69) is 33.8 Å². The topological polar surface area (TPSA) is 34.1 Å². The molecule has 0 fully saturated rings. The van der Waals surface area contributed by atoms with Crippen LogP contribution < -0.4 is 0 Å². The lowest BCUT2D eigenvalue weighted by Crippen LogP contribution is -2.00. The molecule has 3 rings (SSSR count). The molecule has 0 spiro atoms. The summed E-state index contributed by atoms with van der Waals surface area (Å²) in [6, 6.07) is 7.82. The maximum absolute atomic E-state index is 12.9. The zero-order chi connectivity index (χ0) is 16.2. The fourth-order valence-corrected chi connectivity index (χ4v) is 5.18. The molecule has 0 aliphatic carbocycles. The highest BCUT2D eigenvalue weighted by Crippen LogP contribution is 2.46. The summed E-state index contributed by atoms with van der Waals surface area (Å²) in [4.78, 5) is 0.946. The van der Waals surface area contributed by atoms with Crippen molar-refractivity contribution < 1.29 is 8.42 Å². The number of sulfone groups is 1. The molecule has 0 bridgehead atoms. The molecule has 0 unspecified atom stereocenters. The van der Waals surface area contributed by atoms with Crippen molar-refractivity contribution in [2.75, 3.05) is 0 Å². The third kappa shape index (κ3) is 2.03. The van der Waals surface area contributed by atoms with E-state index in [9.17, 15) is 8.42 Å². The van der Waals surface area contributed by atoms with Crippen LogP contribution in [0.3, 0.4) is 0 Å². The Morgan fingerprint density at radius 1 is 0.909 bits per heavy atom. The predicted octanol–water partition coefficient (Wildman–Crippen LogP) is 4.80. The van der Waals surface area contributed by atoms with Crippen LogP contribution in [0.15, 0.2) is 34.1 Å². The second kappa shape index (κ2) is 4.95. The van der Waals surface area contributed by atoms with Gasteiger partial charge in [0, 0.05) is 11.1 Å². The van der Waals surface area contributed by atoms with Crippen LogP contribution in [0.4, 0.5) is 0 Å². The predicted molar refractivity (Wildman–Crippen MR) is 90.3 cm³/mol. The SMILES string of the molecule is CCc1cc2c(cc1C)S(=O)(=O)c1cc(C(C)C)c(C)cc1-2. The smallest absolute Gasteiger partial charge is 0.207 e. The molecule has 0 aromatic heterocycles. The van der Waals surface area contributed by atoms with Gasteiger partial charge in [-0.2, -0.15) is 0 Å². The van der Waals surface area contributed by atoms with Crippen LogP contribution in [0, 0.1) is 13.8 Å². The summed E-state index contributed by atoms with van der Waals surface area (Å²) in [5, 5.41) is 0. The summed E-state index contributed by atoms with van der Waals surface area (Å²) in [7, 11) is -3.39. The number of hydrogen-bond acceptors (Lipinski definition) is 2. The van der Waals surface area contributed by atoms with Crippen molar-refractivity contribution in [1.82, 2.24) is 0 Å². The quantitative estimate of drug-likeness (QED) is 0.680. The van der Waals surface area contributed by atoms with E-state index in [0.29, 0.717) is 15.7 Å². The molecule has 1 aliphatic heterocycles. The first-order valence-corrected chi connectivity index (χ1v) is 9.29. The van der Waals surface area contributed by atoms with E-state index in [1.165, 1.54) is 5.56 Å². The van der Waals surface area contributed by atoms with Crippen LogP contribution in [0.25, 0.3) is 11.1 Å². The van der Waals surface area contributed by atoms with E-state index in [0.717, 1.165) is 34.2 Å². The molecular formula is C19H22O2S. The van der Waals surface area contributed by atoms with Gasteiger partial charge >= 0.3 is 0 Å². The van der Waals surface area contributed by atoms with Crippen LogP contribution in [-0.4, -0.2) is 8.42 Å². The van der Waals surface area contributed by atoms with Crippen molar-refractivity contribution >= 4 is 9.84 Å². The summed E-state index contributed by atoms with van der Waals surface area (Å²) in [6.07, 6.45) is 0.914. The van der Waals surface area contributed by atoms with Gasteiger partial charge in [-0.25, -0.2) is 8.42 Å². The lowest BCUT2D eigenvalue weighted by Gasteiger charge is -2.12. The molecular weight excluding hydrogens is 292 g/mol. The summed E-state index contributed by atoms with van der Waals surface area (Å²) in [6.45, 7) is 10.4. The third-order valence-corrected chi connectivity index (χ3v) is 6.51. The lowest BCUT2D eigenvalue weighted by atomic mass is 9.92. The molecule has 0 amide bonds. The van der Waals surface area contributed by atoms with Gasteiger partial charge in [0.1, 0.15) is 0 Å². The van der Waals surface area contributed by atoms with Crippen LogP contribution >= 0.6 is 0 Å². The Bertz CT molecular complexity index is 875. The molecule has 0 saturated heterocycles. The summed E-state index contributed by atoms with van der Waals surface area (Å²) < 4.78 is 25.8. The zero-order valence-corrected chi connectivity index (χ0v) is 14.6. The Kier molecular flexibility index (Phi) is 3.44. The van der Waals surface area contributed by atoms with Crippen molar-refractivity contribution in [3.05, 3.63) is 46.5 Å². The van der Waals surface area contributed by atoms with Gasteiger partial charge in [-0.1, -0.05) is 20.8 Å². The molecule has 1 aliphatic rings. The molecule has 22 heavy (non-hydrogen) atoms. The number of fused-ring (bicyclic) bond motifs is 3. The first-order valence-electron chi connectivity index (χ1n) is 7.81. The van der Waals surface area contributed by atoms with Crippen LogP contribution in [0.2, 0.25) is 0 Å². The third-order valence-electron chi connectivity index (χ3n) is 4.68. The van der Waals surface area contributed by atoms with E-state index >= 15 is 0 Å². The van der Waals surface area contributed by atoms with Gasteiger partial charge in [0.15, 0.2) is 0 Å². The first kappa shape index (κ1) is 15.3. The molecule has 2 nitrogen and oxygen atoms in total. The maximum Gasteiger partial charge on any atom is 0.207 e. The number of aryl methyl sites for hydroxylation is 3. The van der Waals surface area contributed by atoms with Crippen molar-refractivity contribution in [1.29, 1.82) is 0 Å². The minimum absolute atomic E-state index is 0.317. The van der Waals surface area contributed by atoms with Gasteiger partial charge in [-0.05, 0) is 72.7 Å². The van der Waals surface area contributed by atoms with E-state index in [4.69, 9.17) is 0 Å². The van der Waals surface area contributed by atoms with Crippen LogP contribution in [0.5, 0.6) is 0 Å². The van der Waals surface area contributed by atoms with Gasteiger partial charge in [-0.3, -0.25) is 0 Å². The first-order chi connectivity index (χ1) is 10.3. The Hall–Kier alpha value is -1.61. The molecule has 0 radical (unpaired) electrons. The second-order valence-corrected chi connectivity index (χ2v) is 8.38. The van der Waals surface area contributed by atoms with Gasteiger partial charge in [0.25, 0.3) is 0 Å². The largest absolute Gasteiger partial charge is 0.218 e. The highest BCUT2D eigenvalue weighted by molar-refractivity contribution is 7.92. The minimum atomic E-state index is -3.39. The van der Waals surface area contributed by atoms with Crippen LogP contribution in [-0.2, 0) is 16.3 Å². The van der Waals surface area contributed by atoms with Crippen molar-refractivity contribution in [2.45, 2.75) is 56.7 Å². The second-order valence-electron chi connectivity index (χ2n) is 6.49. The molecule has 3 heteroatoms. The molecule has 1 heterocycles. The highest BCUT2D eigenvalue weighted by Gasteiger charge is 2.34. The van der Waals surface area contributed by atoms with Gasteiger partial charge in [0.05, 0.1) is 9.79 Å². The number of hydrogen-bond donors (Lipinski definition) is 0. The molecule has 2 aromatic rings. The molecule has 0 atom stereocenters. The number of benzene rings is 2. The summed E-state index contributed by atoms with van der Waals surface area (Å²) in [5.41, 5.74) is 6.28. The normalized spacial score (nSPS) is 15.0. The van der Waals surface area contributed by atoms with Gasteiger partial charge in [0.2, 0.25) is 9.84 Å². The average Bonchev–Trinajstić information content (AvgIpc) is 2.65. The standard InChI is InChI=1S/C19H22O2S/c1-6-14-9-17-16-7-13(5)15(11(2)3)10-19(16)22(20,21)18(17)8-12(14)4/h7-11H,6H2,1-5H3. The molecule has 2 aromatic carbocycles. The number of rotatable bonds is 2. The fourth-order valence-electron chi connectivity index (χ4n) is 3.42. The zero-order valence-electron chi connectivity index (χ0n) is 13.8. The maximum atomic E-state index is 12.9. The van der Waals surface area contributed by atoms with E-state index in [1.807, 2.05) is 25.1 Å². The van der Waals surface area contributed by atoms with Crippen LogP contribution in [0.1, 0.15) is 48.9 Å². The van der Waals surface area contributed by atoms with E-state index < -0.39 is 9.84 Å². The Morgan fingerprint density at radius 2 is 1.50 bits per heavy atom. The molecule has 0 N–H and O–H groups in total. The van der Waals surface area contributed by atoms with Crippen molar-refractivity contribution in [3.8, 4) is 11.1 Å². The van der Waals surface area contributed by atoms with E-state index in [1.54, 1.807) is 0 Å². The van der Waals surface area contributed by atoms with E-state index in [-0.39, 0.29) is 0 Å². The highest BCUT2D eigenvalue weighted by atomic mass is 32.2. The van der Waals surface area contributed by atoms with Gasteiger partial charge < -0.3 is 0 Å². The minimum Gasteiger partial charge on any atom is -0.218 e. The summed E-state index contributed by atoms with van der Waals surface area (Å²) in [5.74, 6) is 0.317. The Labute approximate surface area is 133 Å². The molecule has 0 saturated carbocycles. The monoisotopic (exact) mass is 314 g/mol. The lowest BCUT2D eigenvalue weighted by molar-refractivity contribution is 0.598. The molecule has 116 valence electrons. The van der Waals surface area contributed by atoms with Crippen molar-refractivity contribution in [3.63, 3.8) is 0 Å². The average molecular weight is 314 g/mol. The fraction of sp³-hybridized carbons (Fsp3) is 0.368. The Morgan fingerprint density at radius 3 is 2.09 bits per heavy atom. The summed E-state index contributed by atoms with van der Waals surface area (Å²) >= 11 is 0. The van der Waals surface area contributed by atoms with Gasteiger partial charge in [-0.15, -0.1) is 0 Å². The Balaban J connectivity index is 2.38.